The number of hydrogen-bond donors (Lipinski definition) is 2. The lowest BCUT2D eigenvalue weighted by Crippen LogP contribution is -2.54. The largest absolute Gasteiger partial charge is 0.411 e. The summed E-state index contributed by atoms with van der Waals surface area (Å²) in [4.78, 5) is 12.6. The Morgan fingerprint density at radius 1 is 1.09 bits per heavy atom. The molecule has 0 bridgehead atoms. The molecule has 0 amide bonds. The Morgan fingerprint density at radius 2 is 1.87 bits per heavy atom. The van der Waals surface area contributed by atoms with Crippen LogP contribution in [0.1, 0.15) is 65.2 Å². The van der Waals surface area contributed by atoms with Crippen molar-refractivity contribution in [2.24, 2.45) is 39.7 Å². The molecule has 128 valence electrons. The van der Waals surface area contributed by atoms with Gasteiger partial charge < -0.3 is 10.3 Å². The van der Waals surface area contributed by atoms with Crippen molar-refractivity contribution in [1.82, 2.24) is 0 Å². The van der Waals surface area contributed by atoms with Crippen molar-refractivity contribution >= 4 is 11.5 Å². The Kier molecular flexibility index (Phi) is 3.43. The Labute approximate surface area is 138 Å². The van der Waals surface area contributed by atoms with E-state index in [2.05, 4.69) is 19.0 Å². The van der Waals surface area contributed by atoms with E-state index in [1.165, 1.54) is 12.8 Å². The van der Waals surface area contributed by atoms with Gasteiger partial charge in [0, 0.05) is 11.8 Å². The lowest BCUT2D eigenvalue weighted by molar-refractivity contribution is -0.141. The van der Waals surface area contributed by atoms with Crippen molar-refractivity contribution < 1.29 is 15.1 Å². The number of hydrogen-bond acceptors (Lipinski definition) is 4. The molecule has 4 fully saturated rings. The van der Waals surface area contributed by atoms with Crippen LogP contribution in [0.3, 0.4) is 0 Å². The van der Waals surface area contributed by atoms with Gasteiger partial charge in [0.05, 0.1) is 6.10 Å². The molecule has 0 radical (unpaired) electrons. The number of carbonyl (C=O) groups excluding carboxylic acids is 1. The first-order valence-corrected chi connectivity index (χ1v) is 9.34. The minimum atomic E-state index is -0.305. The standard InChI is InChI=1S/C19H29NO3/c1-18-7-5-12(21)9-11(18)3-4-13-14(18)6-8-19(2)15(13)10-16(20-23)17(19)22/h11-15,21,23H,3-10H2,1-2H3/b20-16+/t11-,12-,13+,14-,15+,18-,19+/m0/s1. The number of rotatable bonds is 0. The van der Waals surface area contributed by atoms with E-state index in [-0.39, 0.29) is 17.3 Å². The molecule has 7 atom stereocenters. The summed E-state index contributed by atoms with van der Waals surface area (Å²) in [7, 11) is 0. The number of fused-ring (bicyclic) bond motifs is 5. The summed E-state index contributed by atoms with van der Waals surface area (Å²) in [6.07, 6.45) is 7.97. The van der Waals surface area contributed by atoms with Gasteiger partial charge in [0.1, 0.15) is 5.71 Å². The smallest absolute Gasteiger partial charge is 0.186 e. The van der Waals surface area contributed by atoms with Crippen LogP contribution in [0, 0.1) is 34.5 Å². The Morgan fingerprint density at radius 3 is 2.61 bits per heavy atom. The van der Waals surface area contributed by atoms with Gasteiger partial charge in [-0.2, -0.15) is 0 Å². The van der Waals surface area contributed by atoms with Gasteiger partial charge >= 0.3 is 0 Å². The molecule has 4 aliphatic carbocycles. The number of oxime groups is 1. The molecule has 0 aromatic rings. The minimum absolute atomic E-state index is 0.0924. The second kappa shape index (κ2) is 5.05. The molecule has 0 saturated heterocycles. The predicted molar refractivity (Wildman–Crippen MR) is 87.3 cm³/mol. The van der Waals surface area contributed by atoms with Crippen LogP contribution < -0.4 is 0 Å². The molecule has 0 aromatic heterocycles. The Bertz CT molecular complexity index is 559. The maximum atomic E-state index is 12.6. The highest BCUT2D eigenvalue weighted by atomic mass is 16.4. The first kappa shape index (κ1) is 15.6. The zero-order valence-corrected chi connectivity index (χ0v) is 14.3. The average molecular weight is 319 g/mol. The first-order valence-electron chi connectivity index (χ1n) is 9.34. The van der Waals surface area contributed by atoms with Crippen LogP contribution in [-0.2, 0) is 4.79 Å². The van der Waals surface area contributed by atoms with Crippen molar-refractivity contribution in [1.29, 1.82) is 0 Å². The summed E-state index contributed by atoms with van der Waals surface area (Å²) >= 11 is 0. The molecule has 4 saturated carbocycles. The van der Waals surface area contributed by atoms with Crippen molar-refractivity contribution in [2.75, 3.05) is 0 Å². The van der Waals surface area contributed by atoms with Gasteiger partial charge in [-0.1, -0.05) is 19.0 Å². The van der Waals surface area contributed by atoms with E-state index < -0.39 is 0 Å². The molecule has 4 heteroatoms. The molecule has 2 N–H and O–H groups in total. The van der Waals surface area contributed by atoms with E-state index in [1.54, 1.807) is 0 Å². The van der Waals surface area contributed by atoms with E-state index in [4.69, 9.17) is 0 Å². The highest BCUT2D eigenvalue weighted by Gasteiger charge is 2.61. The van der Waals surface area contributed by atoms with Crippen molar-refractivity contribution in [3.8, 4) is 0 Å². The highest BCUT2D eigenvalue weighted by molar-refractivity contribution is 6.43. The Balaban J connectivity index is 1.66. The summed E-state index contributed by atoms with van der Waals surface area (Å²) in [5.74, 6) is 2.32. The fourth-order valence-electron chi connectivity index (χ4n) is 6.93. The second-order valence-corrected chi connectivity index (χ2v) is 9.12. The van der Waals surface area contributed by atoms with Crippen molar-refractivity contribution in [2.45, 2.75) is 71.3 Å². The van der Waals surface area contributed by atoms with Gasteiger partial charge in [0.15, 0.2) is 5.78 Å². The topological polar surface area (TPSA) is 69.9 Å². The third-order valence-electron chi connectivity index (χ3n) is 8.34. The van der Waals surface area contributed by atoms with Crippen LogP contribution in [0.25, 0.3) is 0 Å². The van der Waals surface area contributed by atoms with Gasteiger partial charge in [0.2, 0.25) is 0 Å². The molecule has 4 aliphatic rings. The molecule has 0 spiro atoms. The molecular weight excluding hydrogens is 290 g/mol. The predicted octanol–water partition coefficient (Wildman–Crippen LogP) is 3.40. The molecular formula is C19H29NO3. The van der Waals surface area contributed by atoms with E-state index >= 15 is 0 Å². The molecule has 0 heterocycles. The van der Waals surface area contributed by atoms with Gasteiger partial charge in [-0.15, -0.1) is 0 Å². The SMILES string of the molecule is C[C@]12CC[C@H](O)C[C@@H]1CC[C@H]1[C@H]3C/C(=N\O)C(=O)[C@]3(C)CC[C@@H]12. The fourth-order valence-corrected chi connectivity index (χ4v) is 6.93. The zero-order chi connectivity index (χ0) is 16.4. The summed E-state index contributed by atoms with van der Waals surface area (Å²) in [5, 5.41) is 22.6. The van der Waals surface area contributed by atoms with E-state index in [1.807, 2.05) is 0 Å². The van der Waals surface area contributed by atoms with Gasteiger partial charge in [0.25, 0.3) is 0 Å². The number of ketones is 1. The number of nitrogens with zero attached hydrogens (tertiary/aromatic N) is 1. The second-order valence-electron chi connectivity index (χ2n) is 9.12. The van der Waals surface area contributed by atoms with Crippen LogP contribution >= 0.6 is 0 Å². The highest BCUT2D eigenvalue weighted by Crippen LogP contribution is 2.65. The van der Waals surface area contributed by atoms with Gasteiger partial charge in [-0.3, -0.25) is 4.79 Å². The van der Waals surface area contributed by atoms with E-state index in [0.29, 0.717) is 41.2 Å². The molecule has 4 nitrogen and oxygen atoms in total. The van der Waals surface area contributed by atoms with Crippen molar-refractivity contribution in [3.05, 3.63) is 0 Å². The molecule has 0 aromatic carbocycles. The average Bonchev–Trinajstić information content (AvgIpc) is 2.79. The number of Topliss-reactive ketones (excluding diaryl/α,β-unsaturated/α-hetero) is 1. The summed E-state index contributed by atoms with van der Waals surface area (Å²) in [6, 6.07) is 0. The van der Waals surface area contributed by atoms with Crippen LogP contribution in [-0.4, -0.2) is 27.9 Å². The normalized spacial score (nSPS) is 54.5. The summed E-state index contributed by atoms with van der Waals surface area (Å²) in [5.41, 5.74) is 0.427. The van der Waals surface area contributed by atoms with Gasteiger partial charge in [-0.25, -0.2) is 0 Å². The number of aliphatic hydroxyl groups excluding tert-OH is 1. The van der Waals surface area contributed by atoms with Gasteiger partial charge in [-0.05, 0) is 74.0 Å². The summed E-state index contributed by atoms with van der Waals surface area (Å²) < 4.78 is 0. The maximum absolute atomic E-state index is 12.6. The molecule has 23 heavy (non-hydrogen) atoms. The maximum Gasteiger partial charge on any atom is 0.186 e. The molecule has 0 unspecified atom stereocenters. The minimum Gasteiger partial charge on any atom is -0.411 e. The van der Waals surface area contributed by atoms with Crippen molar-refractivity contribution in [3.63, 3.8) is 0 Å². The molecule has 0 aliphatic heterocycles. The van der Waals surface area contributed by atoms with E-state index in [0.717, 1.165) is 32.1 Å². The third-order valence-corrected chi connectivity index (χ3v) is 8.34. The lowest BCUT2D eigenvalue weighted by atomic mass is 9.45. The van der Waals surface area contributed by atoms with Crippen LogP contribution in [0.15, 0.2) is 5.16 Å². The monoisotopic (exact) mass is 319 g/mol. The third kappa shape index (κ3) is 2.00. The lowest BCUT2D eigenvalue weighted by Gasteiger charge is -2.59. The first-order chi connectivity index (χ1) is 10.9. The van der Waals surface area contributed by atoms with Crippen LogP contribution in [0.5, 0.6) is 0 Å². The van der Waals surface area contributed by atoms with E-state index in [9.17, 15) is 15.1 Å². The van der Waals surface area contributed by atoms with Crippen LogP contribution in [0.2, 0.25) is 0 Å². The quantitative estimate of drug-likeness (QED) is 0.531. The van der Waals surface area contributed by atoms with Crippen LogP contribution in [0.4, 0.5) is 0 Å². The zero-order valence-electron chi connectivity index (χ0n) is 14.3. The summed E-state index contributed by atoms with van der Waals surface area (Å²) in [6.45, 7) is 4.55. The molecule has 4 rings (SSSR count). The Hall–Kier alpha value is -0.900. The number of carbonyl (C=O) groups is 1. The number of aliphatic hydroxyl groups is 1. The fraction of sp³-hybridized carbons (Fsp3) is 0.895.